The predicted octanol–water partition coefficient (Wildman–Crippen LogP) is -1.44. The summed E-state index contributed by atoms with van der Waals surface area (Å²) in [5.41, 5.74) is 12.1. The van der Waals surface area contributed by atoms with Gasteiger partial charge < -0.3 is 37.6 Å². The number of amides is 3. The number of nitrogens with one attached hydrogen (secondary N) is 3. The third-order valence-corrected chi connectivity index (χ3v) is 5.85. The lowest BCUT2D eigenvalue weighted by molar-refractivity contribution is -0.144. The summed E-state index contributed by atoms with van der Waals surface area (Å²) in [4.78, 5) is 75.4. The van der Waals surface area contributed by atoms with E-state index >= 15 is 0 Å². The molecule has 3 atom stereocenters. The first kappa shape index (κ1) is 32.9. The van der Waals surface area contributed by atoms with Crippen molar-refractivity contribution in [2.45, 2.75) is 50.7 Å². The lowest BCUT2D eigenvalue weighted by Gasteiger charge is -2.22. The molecule has 0 fully saturated rings. The van der Waals surface area contributed by atoms with Crippen LogP contribution in [-0.4, -0.2) is 76.5 Å². The number of carboxylic acid groups (broad SMARTS) is 2. The zero-order valence-electron chi connectivity index (χ0n) is 21.2. The van der Waals surface area contributed by atoms with Gasteiger partial charge in [-0.05, 0) is 24.0 Å². The fourth-order valence-electron chi connectivity index (χ4n) is 3.51. The highest BCUT2D eigenvalue weighted by atomic mass is 32.1. The number of hydrogen-bond donors (Lipinski definition) is 8. The Bertz CT molecular complexity index is 1050. The topological polar surface area (TPSA) is 243 Å². The Morgan fingerprint density at radius 3 is 2.15 bits per heavy atom. The number of ketones is 1. The van der Waals surface area contributed by atoms with Crippen LogP contribution in [0.15, 0.2) is 29.3 Å². The SMILES string of the molecule is NC(N)=NCCC[C@H](NC(=O)Cc1ccc(CNC=O)cc1)C(=O)C[C@@H](CC(=O)O)C(=O)N[C@@H](CS)C(=O)O. The van der Waals surface area contributed by atoms with Crippen LogP contribution in [0.4, 0.5) is 0 Å². The largest absolute Gasteiger partial charge is 0.481 e. The summed E-state index contributed by atoms with van der Waals surface area (Å²) in [6.45, 7) is 0.494. The highest BCUT2D eigenvalue weighted by Gasteiger charge is 2.31. The molecule has 9 N–H and O–H groups in total. The van der Waals surface area contributed by atoms with E-state index in [4.69, 9.17) is 16.6 Å². The second kappa shape index (κ2) is 17.4. The van der Waals surface area contributed by atoms with E-state index in [1.807, 2.05) is 0 Å². The van der Waals surface area contributed by atoms with E-state index in [0.29, 0.717) is 24.9 Å². The minimum absolute atomic E-state index is 0.0691. The third-order valence-electron chi connectivity index (χ3n) is 5.48. The number of rotatable bonds is 19. The number of benzene rings is 1. The Balaban J connectivity index is 2.99. The summed E-state index contributed by atoms with van der Waals surface area (Å²) in [5, 5.41) is 25.7. The van der Waals surface area contributed by atoms with Gasteiger partial charge in [-0.3, -0.25) is 29.0 Å². The van der Waals surface area contributed by atoms with Gasteiger partial charge in [0.1, 0.15) is 6.04 Å². The van der Waals surface area contributed by atoms with E-state index in [-0.39, 0.29) is 31.1 Å². The van der Waals surface area contributed by atoms with Crippen molar-refractivity contribution in [2.24, 2.45) is 22.4 Å². The highest BCUT2D eigenvalue weighted by Crippen LogP contribution is 2.15. The second-order valence-corrected chi connectivity index (χ2v) is 8.97. The number of thiol groups is 1. The molecule has 0 aliphatic heterocycles. The second-order valence-electron chi connectivity index (χ2n) is 8.61. The van der Waals surface area contributed by atoms with Gasteiger partial charge in [0.2, 0.25) is 18.2 Å². The Hall–Kier alpha value is -4.14. The summed E-state index contributed by atoms with van der Waals surface area (Å²) in [5.74, 6) is -6.52. The number of carbonyl (C=O) groups is 6. The predicted molar refractivity (Wildman–Crippen MR) is 144 cm³/mol. The van der Waals surface area contributed by atoms with Gasteiger partial charge in [-0.1, -0.05) is 24.3 Å². The van der Waals surface area contributed by atoms with Crippen molar-refractivity contribution in [3.63, 3.8) is 0 Å². The highest BCUT2D eigenvalue weighted by molar-refractivity contribution is 7.80. The fourth-order valence-corrected chi connectivity index (χ4v) is 3.76. The Morgan fingerprint density at radius 2 is 1.62 bits per heavy atom. The van der Waals surface area contributed by atoms with Crippen LogP contribution >= 0.6 is 12.6 Å². The monoisotopic (exact) mass is 566 g/mol. The van der Waals surface area contributed by atoms with Crippen LogP contribution < -0.4 is 27.4 Å². The average molecular weight is 567 g/mol. The summed E-state index contributed by atoms with van der Waals surface area (Å²) >= 11 is 3.86. The normalized spacial score (nSPS) is 12.7. The molecule has 214 valence electrons. The molecule has 39 heavy (non-hydrogen) atoms. The lowest BCUT2D eigenvalue weighted by Crippen LogP contribution is -2.47. The van der Waals surface area contributed by atoms with Crippen molar-refractivity contribution >= 4 is 54.5 Å². The minimum atomic E-state index is -1.37. The molecule has 0 aromatic heterocycles. The fraction of sp³-hybridized carbons (Fsp3) is 0.458. The number of Topliss-reactive ketones (excluding diaryl/α,β-unsaturated/α-hetero) is 1. The number of nitrogens with two attached hydrogens (primary N) is 2. The van der Waals surface area contributed by atoms with Crippen molar-refractivity contribution in [3.8, 4) is 0 Å². The van der Waals surface area contributed by atoms with E-state index in [1.54, 1.807) is 24.3 Å². The van der Waals surface area contributed by atoms with Gasteiger partial charge in [-0.2, -0.15) is 12.6 Å². The number of guanidine groups is 1. The zero-order valence-corrected chi connectivity index (χ0v) is 22.1. The zero-order chi connectivity index (χ0) is 29.4. The van der Waals surface area contributed by atoms with Gasteiger partial charge in [0.05, 0.1) is 24.8 Å². The number of hydrogen-bond acceptors (Lipinski definition) is 8. The van der Waals surface area contributed by atoms with Crippen LogP contribution in [0.25, 0.3) is 0 Å². The molecule has 0 bridgehead atoms. The molecule has 0 radical (unpaired) electrons. The molecule has 0 spiro atoms. The van der Waals surface area contributed by atoms with E-state index in [1.165, 1.54) is 0 Å². The van der Waals surface area contributed by atoms with Crippen molar-refractivity contribution in [1.82, 2.24) is 16.0 Å². The van der Waals surface area contributed by atoms with Gasteiger partial charge in [0.25, 0.3) is 0 Å². The van der Waals surface area contributed by atoms with Crippen LogP contribution in [0.5, 0.6) is 0 Å². The van der Waals surface area contributed by atoms with Gasteiger partial charge in [-0.25, -0.2) is 4.79 Å². The molecule has 1 aromatic rings. The van der Waals surface area contributed by atoms with Crippen LogP contribution in [-0.2, 0) is 41.7 Å². The number of nitrogens with zero attached hydrogens (tertiary/aromatic N) is 1. The first-order chi connectivity index (χ1) is 18.5. The van der Waals surface area contributed by atoms with Gasteiger partial charge in [0, 0.05) is 25.3 Å². The summed E-state index contributed by atoms with van der Waals surface area (Å²) in [7, 11) is 0. The molecule has 15 heteroatoms. The molecule has 14 nitrogen and oxygen atoms in total. The molecule has 1 rings (SSSR count). The summed E-state index contributed by atoms with van der Waals surface area (Å²) in [6.07, 6.45) is -0.377. The minimum Gasteiger partial charge on any atom is -0.481 e. The summed E-state index contributed by atoms with van der Waals surface area (Å²) < 4.78 is 0. The maximum absolute atomic E-state index is 13.2. The standard InChI is InChI=1S/C24H34N6O8S/c25-24(26)28-7-1-2-17(29-20(33)8-14-3-5-15(6-4-14)11-27-13-31)19(32)9-16(10-21(34)35)22(36)30-18(12-39)23(37)38/h3-6,13,16-18,39H,1-2,7-12H2,(H,27,31)(H,29,33)(H,30,36)(H,34,35)(H,37,38)(H4,25,26,28)/t16-,17-,18-/m0/s1. The van der Waals surface area contributed by atoms with Gasteiger partial charge in [0.15, 0.2) is 11.7 Å². The number of carboxylic acids is 2. The molecule has 0 heterocycles. The number of aliphatic imine (C=N–C) groups is 1. The van der Waals surface area contributed by atoms with E-state index in [2.05, 4.69) is 33.6 Å². The molecule has 0 aliphatic rings. The third kappa shape index (κ3) is 13.3. The number of carbonyl (C=O) groups excluding carboxylic acids is 4. The van der Waals surface area contributed by atoms with E-state index < -0.39 is 60.4 Å². The molecule has 0 aliphatic carbocycles. The molecule has 0 saturated carbocycles. The molecule has 1 aromatic carbocycles. The maximum Gasteiger partial charge on any atom is 0.327 e. The van der Waals surface area contributed by atoms with Gasteiger partial charge >= 0.3 is 11.9 Å². The van der Waals surface area contributed by atoms with Crippen molar-refractivity contribution in [3.05, 3.63) is 35.4 Å². The Morgan fingerprint density at radius 1 is 0.974 bits per heavy atom. The molecule has 0 saturated heterocycles. The number of aliphatic carboxylic acids is 2. The van der Waals surface area contributed by atoms with Crippen LogP contribution in [0.2, 0.25) is 0 Å². The van der Waals surface area contributed by atoms with Crippen LogP contribution in [0, 0.1) is 5.92 Å². The van der Waals surface area contributed by atoms with Crippen molar-refractivity contribution in [2.75, 3.05) is 12.3 Å². The van der Waals surface area contributed by atoms with E-state index in [9.17, 15) is 33.9 Å². The van der Waals surface area contributed by atoms with E-state index in [0.717, 1.165) is 5.56 Å². The molecular weight excluding hydrogens is 532 g/mol. The maximum atomic E-state index is 13.2. The van der Waals surface area contributed by atoms with Gasteiger partial charge in [-0.15, -0.1) is 0 Å². The smallest absolute Gasteiger partial charge is 0.327 e. The lowest BCUT2D eigenvalue weighted by atomic mass is 9.92. The Labute approximate surface area is 230 Å². The Kier molecular flexibility index (Phi) is 14.7. The van der Waals surface area contributed by atoms with Crippen LogP contribution in [0.1, 0.15) is 36.8 Å². The van der Waals surface area contributed by atoms with Crippen molar-refractivity contribution in [1.29, 1.82) is 0 Å². The van der Waals surface area contributed by atoms with Crippen molar-refractivity contribution < 1.29 is 39.0 Å². The molecule has 3 amide bonds. The quantitative estimate of drug-likeness (QED) is 0.0319. The van der Waals surface area contributed by atoms with Crippen LogP contribution in [0.3, 0.4) is 0 Å². The summed E-state index contributed by atoms with van der Waals surface area (Å²) in [6, 6.07) is 4.42. The average Bonchev–Trinajstić information content (AvgIpc) is 2.87. The first-order valence-electron chi connectivity index (χ1n) is 11.9. The molecule has 0 unspecified atom stereocenters. The first-order valence-corrected chi connectivity index (χ1v) is 12.6. The molecular formula is C24H34N6O8S.